The lowest BCUT2D eigenvalue weighted by Gasteiger charge is -2.31. The van der Waals surface area contributed by atoms with Gasteiger partial charge in [-0.15, -0.1) is 0 Å². The van der Waals surface area contributed by atoms with E-state index in [1.165, 1.54) is 12.1 Å². The van der Waals surface area contributed by atoms with Gasteiger partial charge in [0.1, 0.15) is 11.6 Å². The number of hydrogen-bond acceptors (Lipinski definition) is 4. The van der Waals surface area contributed by atoms with Gasteiger partial charge in [0.15, 0.2) is 5.69 Å². The zero-order valence-electron chi connectivity index (χ0n) is 17.1. The van der Waals surface area contributed by atoms with E-state index in [4.69, 9.17) is 4.74 Å². The third kappa shape index (κ3) is 4.42. The van der Waals surface area contributed by atoms with Crippen molar-refractivity contribution in [2.75, 3.05) is 25.5 Å². The number of likely N-dealkylation sites (tertiary alicyclic amines) is 1. The topological polar surface area (TPSA) is 87.3 Å². The van der Waals surface area contributed by atoms with Crippen molar-refractivity contribution in [3.63, 3.8) is 0 Å². The highest BCUT2D eigenvalue weighted by Crippen LogP contribution is 2.29. The van der Waals surface area contributed by atoms with Gasteiger partial charge in [0.25, 0.3) is 11.8 Å². The monoisotopic (exact) mass is 422 g/mol. The van der Waals surface area contributed by atoms with Gasteiger partial charge in [0.05, 0.1) is 18.4 Å². The number of carbonyl (C=O) groups is 2. The Bertz CT molecular complexity index is 1090. The number of para-hydroxylation sites is 2. The maximum Gasteiger partial charge on any atom is 0.276 e. The molecule has 1 saturated heterocycles. The molecule has 1 fully saturated rings. The molecule has 2 N–H and O–H groups in total. The quantitative estimate of drug-likeness (QED) is 0.654. The zero-order chi connectivity index (χ0) is 21.8. The molecular formula is C23H23FN4O3. The van der Waals surface area contributed by atoms with Crippen molar-refractivity contribution in [2.24, 2.45) is 0 Å². The highest BCUT2D eigenvalue weighted by Gasteiger charge is 2.27. The molecule has 0 radical (unpaired) electrons. The van der Waals surface area contributed by atoms with Gasteiger partial charge in [-0.25, -0.2) is 4.39 Å². The first-order valence-corrected chi connectivity index (χ1v) is 10.1. The molecule has 0 unspecified atom stereocenters. The van der Waals surface area contributed by atoms with Gasteiger partial charge in [-0.2, -0.15) is 5.10 Å². The highest BCUT2D eigenvalue weighted by molar-refractivity contribution is 6.03. The number of rotatable bonds is 5. The van der Waals surface area contributed by atoms with Gasteiger partial charge in [-0.1, -0.05) is 24.3 Å². The van der Waals surface area contributed by atoms with E-state index < -0.39 is 11.7 Å². The molecule has 3 aromatic rings. The number of carbonyl (C=O) groups excluding carboxylic acids is 2. The third-order valence-electron chi connectivity index (χ3n) is 5.51. The molecule has 0 atom stereocenters. The third-order valence-corrected chi connectivity index (χ3v) is 5.51. The Balaban J connectivity index is 1.37. The van der Waals surface area contributed by atoms with Crippen LogP contribution in [0.2, 0.25) is 0 Å². The molecule has 2 heterocycles. The molecule has 2 amide bonds. The summed E-state index contributed by atoms with van der Waals surface area (Å²) in [5.74, 6) is -0.307. The Hall–Kier alpha value is -3.68. The average molecular weight is 422 g/mol. The fraction of sp³-hybridized carbons (Fsp3) is 0.261. The molecular weight excluding hydrogens is 399 g/mol. The van der Waals surface area contributed by atoms with Gasteiger partial charge in [-0.3, -0.25) is 14.7 Å². The number of ether oxygens (including phenoxy) is 1. The average Bonchev–Trinajstić information content (AvgIpc) is 3.31. The molecule has 31 heavy (non-hydrogen) atoms. The molecule has 160 valence electrons. The summed E-state index contributed by atoms with van der Waals surface area (Å²) >= 11 is 0. The van der Waals surface area contributed by atoms with E-state index in [1.807, 2.05) is 17.0 Å². The molecule has 0 saturated carbocycles. The summed E-state index contributed by atoms with van der Waals surface area (Å²) in [6.45, 7) is 1.19. The standard InChI is InChI=1S/C23H23FN4O3/c1-31-21-9-5-2-6-16(21)23(30)28-12-10-15(11-13-28)19-14-20(27-26-19)22(29)25-18-8-4-3-7-17(18)24/h2-9,14-15H,10-13H2,1H3,(H,25,29)(H,26,27). The summed E-state index contributed by atoms with van der Waals surface area (Å²) in [6, 6.07) is 14.9. The summed E-state index contributed by atoms with van der Waals surface area (Å²) in [5.41, 5.74) is 1.70. The van der Waals surface area contributed by atoms with E-state index in [2.05, 4.69) is 15.5 Å². The number of piperidine rings is 1. The van der Waals surface area contributed by atoms with Crippen LogP contribution < -0.4 is 10.1 Å². The summed E-state index contributed by atoms with van der Waals surface area (Å²) in [6.07, 6.45) is 1.49. The van der Waals surface area contributed by atoms with Crippen LogP contribution in [0.4, 0.5) is 10.1 Å². The van der Waals surface area contributed by atoms with Crippen molar-refractivity contribution in [3.05, 3.63) is 77.4 Å². The Morgan fingerprint density at radius 1 is 1.13 bits per heavy atom. The SMILES string of the molecule is COc1ccccc1C(=O)N1CCC(c2cc(C(=O)Nc3ccccc3F)n[nH]2)CC1. The van der Waals surface area contributed by atoms with Gasteiger partial charge < -0.3 is 15.0 Å². The van der Waals surface area contributed by atoms with Gasteiger partial charge in [0.2, 0.25) is 0 Å². The molecule has 2 aromatic carbocycles. The van der Waals surface area contributed by atoms with Crippen molar-refractivity contribution < 1.29 is 18.7 Å². The lowest BCUT2D eigenvalue weighted by atomic mass is 9.93. The molecule has 8 heteroatoms. The summed E-state index contributed by atoms with van der Waals surface area (Å²) in [4.78, 5) is 27.1. The van der Waals surface area contributed by atoms with Crippen molar-refractivity contribution in [2.45, 2.75) is 18.8 Å². The van der Waals surface area contributed by atoms with Gasteiger partial charge in [-0.05, 0) is 43.2 Å². The second-order valence-electron chi connectivity index (χ2n) is 7.41. The fourth-order valence-electron chi connectivity index (χ4n) is 3.80. The molecule has 0 spiro atoms. The van der Waals surface area contributed by atoms with E-state index in [1.54, 1.807) is 37.4 Å². The first-order chi connectivity index (χ1) is 15.1. The molecule has 0 aliphatic carbocycles. The molecule has 0 bridgehead atoms. The minimum absolute atomic E-state index is 0.0505. The van der Waals surface area contributed by atoms with Gasteiger partial charge >= 0.3 is 0 Å². The molecule has 1 aromatic heterocycles. The number of H-pyrrole nitrogens is 1. The second-order valence-corrected chi connectivity index (χ2v) is 7.41. The number of amides is 2. The van der Waals surface area contributed by atoms with Crippen LogP contribution >= 0.6 is 0 Å². The predicted molar refractivity (Wildman–Crippen MR) is 114 cm³/mol. The summed E-state index contributed by atoms with van der Waals surface area (Å²) in [5, 5.41) is 9.54. The van der Waals surface area contributed by atoms with Crippen LogP contribution in [0.15, 0.2) is 54.6 Å². The number of halogens is 1. The van der Waals surface area contributed by atoms with Crippen molar-refractivity contribution >= 4 is 17.5 Å². The normalized spacial score (nSPS) is 14.3. The van der Waals surface area contributed by atoms with E-state index in [0.717, 1.165) is 18.5 Å². The number of aromatic nitrogens is 2. The van der Waals surface area contributed by atoms with Crippen LogP contribution in [-0.2, 0) is 0 Å². The number of benzene rings is 2. The lowest BCUT2D eigenvalue weighted by Crippen LogP contribution is -2.38. The van der Waals surface area contributed by atoms with E-state index in [0.29, 0.717) is 24.4 Å². The van der Waals surface area contributed by atoms with Crippen LogP contribution in [0.25, 0.3) is 0 Å². The molecule has 4 rings (SSSR count). The lowest BCUT2D eigenvalue weighted by molar-refractivity contribution is 0.0708. The zero-order valence-corrected chi connectivity index (χ0v) is 17.1. The first-order valence-electron chi connectivity index (χ1n) is 10.1. The van der Waals surface area contributed by atoms with Crippen molar-refractivity contribution in [3.8, 4) is 5.75 Å². The van der Waals surface area contributed by atoms with Gasteiger partial charge in [0, 0.05) is 24.7 Å². The van der Waals surface area contributed by atoms with Crippen LogP contribution in [0.3, 0.4) is 0 Å². The minimum Gasteiger partial charge on any atom is -0.496 e. The fourth-order valence-corrected chi connectivity index (χ4v) is 3.80. The maximum atomic E-state index is 13.8. The van der Waals surface area contributed by atoms with Crippen LogP contribution in [0, 0.1) is 5.82 Å². The summed E-state index contributed by atoms with van der Waals surface area (Å²) < 4.78 is 19.1. The largest absolute Gasteiger partial charge is 0.496 e. The van der Waals surface area contributed by atoms with Crippen LogP contribution in [0.5, 0.6) is 5.75 Å². The Kier molecular flexibility index (Phi) is 5.97. The number of anilines is 1. The van der Waals surface area contributed by atoms with E-state index >= 15 is 0 Å². The first kappa shape index (κ1) is 20.6. The Labute approximate surface area is 179 Å². The smallest absolute Gasteiger partial charge is 0.276 e. The predicted octanol–water partition coefficient (Wildman–Crippen LogP) is 3.83. The number of hydrogen-bond donors (Lipinski definition) is 2. The molecule has 1 aliphatic rings. The van der Waals surface area contributed by atoms with Crippen LogP contribution in [0.1, 0.15) is 45.3 Å². The van der Waals surface area contributed by atoms with E-state index in [9.17, 15) is 14.0 Å². The summed E-state index contributed by atoms with van der Waals surface area (Å²) in [7, 11) is 1.55. The minimum atomic E-state index is -0.501. The Morgan fingerprint density at radius 2 is 1.84 bits per heavy atom. The molecule has 1 aliphatic heterocycles. The number of nitrogens with one attached hydrogen (secondary N) is 2. The van der Waals surface area contributed by atoms with E-state index in [-0.39, 0.29) is 23.2 Å². The Morgan fingerprint density at radius 3 is 2.58 bits per heavy atom. The van der Waals surface area contributed by atoms with Crippen molar-refractivity contribution in [1.82, 2.24) is 15.1 Å². The van der Waals surface area contributed by atoms with Crippen molar-refractivity contribution in [1.29, 1.82) is 0 Å². The number of nitrogens with zero attached hydrogens (tertiary/aromatic N) is 2. The number of aromatic amines is 1. The number of methoxy groups -OCH3 is 1. The highest BCUT2D eigenvalue weighted by atomic mass is 19.1. The maximum absolute atomic E-state index is 13.8. The van der Waals surface area contributed by atoms with Crippen LogP contribution in [-0.4, -0.2) is 47.1 Å². The molecule has 7 nitrogen and oxygen atoms in total. The second kappa shape index (κ2) is 8.99.